The molecule has 0 fully saturated rings. The number of aliphatic hydroxyl groups excluding tert-OH is 1. The van der Waals surface area contributed by atoms with Crippen molar-refractivity contribution in [3.05, 3.63) is 24.5 Å². The first-order valence-electron chi connectivity index (χ1n) is 5.29. The van der Waals surface area contributed by atoms with Crippen LogP contribution in [0.25, 0.3) is 10.9 Å². The van der Waals surface area contributed by atoms with E-state index in [1.54, 1.807) is 18.2 Å². The number of nitrogens with two attached hydrogens (primary N) is 2. The number of nitrogens with one attached hydrogen (secondary N) is 1. The van der Waals surface area contributed by atoms with Crippen LogP contribution in [-0.4, -0.2) is 33.6 Å². The summed E-state index contributed by atoms with van der Waals surface area (Å²) in [5.41, 5.74) is 11.9. The molecule has 2 aromatic rings. The van der Waals surface area contributed by atoms with Gasteiger partial charge < -0.3 is 21.9 Å². The average molecular weight is 247 g/mol. The maximum absolute atomic E-state index is 10.7. The molecule has 0 radical (unpaired) electrons. The molecule has 7 nitrogen and oxygen atoms in total. The largest absolute Gasteiger partial charge is 0.399 e. The van der Waals surface area contributed by atoms with Gasteiger partial charge in [0.1, 0.15) is 18.2 Å². The lowest BCUT2D eigenvalue weighted by Gasteiger charge is -2.10. The van der Waals surface area contributed by atoms with Gasteiger partial charge in [0.15, 0.2) is 0 Å². The van der Waals surface area contributed by atoms with E-state index in [2.05, 4.69) is 15.3 Å². The standard InChI is InChI=1S/C11H13N5O2/c12-6-1-2-7-8(3-6)15-5-16-11(7)14-4-9(17)10(13)18/h1-3,5,9,17H,4,12H2,(H2,13,18)(H,14,15,16). The average Bonchev–Trinajstić information content (AvgIpc) is 2.35. The number of nitrogen functional groups attached to an aromatic ring is 1. The molecule has 0 aliphatic rings. The normalized spacial score (nSPS) is 12.3. The summed E-state index contributed by atoms with van der Waals surface area (Å²) in [6, 6.07) is 5.21. The van der Waals surface area contributed by atoms with Crippen LogP contribution < -0.4 is 16.8 Å². The first-order chi connectivity index (χ1) is 8.58. The SMILES string of the molecule is NC(=O)C(O)CNc1ncnc2cc(N)ccc12. The molecule has 0 saturated heterocycles. The second-order valence-electron chi connectivity index (χ2n) is 3.80. The molecule has 1 heterocycles. The zero-order valence-electron chi connectivity index (χ0n) is 9.50. The highest BCUT2D eigenvalue weighted by Gasteiger charge is 2.11. The molecular weight excluding hydrogens is 234 g/mol. The van der Waals surface area contributed by atoms with Crippen molar-refractivity contribution in [3.8, 4) is 0 Å². The fourth-order valence-electron chi connectivity index (χ4n) is 1.51. The van der Waals surface area contributed by atoms with Crippen molar-refractivity contribution in [1.29, 1.82) is 0 Å². The van der Waals surface area contributed by atoms with Crippen molar-refractivity contribution in [2.75, 3.05) is 17.6 Å². The molecule has 0 bridgehead atoms. The van der Waals surface area contributed by atoms with E-state index in [9.17, 15) is 9.90 Å². The number of amides is 1. The molecule has 7 heteroatoms. The van der Waals surface area contributed by atoms with E-state index in [4.69, 9.17) is 11.5 Å². The van der Waals surface area contributed by atoms with E-state index in [-0.39, 0.29) is 6.54 Å². The van der Waals surface area contributed by atoms with Gasteiger partial charge in [-0.3, -0.25) is 4.79 Å². The number of aliphatic hydroxyl groups is 1. The van der Waals surface area contributed by atoms with Crippen LogP contribution in [0.3, 0.4) is 0 Å². The molecule has 1 atom stereocenters. The number of aromatic nitrogens is 2. The first kappa shape index (κ1) is 12.1. The van der Waals surface area contributed by atoms with Gasteiger partial charge in [0.2, 0.25) is 5.91 Å². The zero-order chi connectivity index (χ0) is 13.1. The second kappa shape index (κ2) is 4.84. The highest BCUT2D eigenvalue weighted by molar-refractivity contribution is 5.91. The lowest BCUT2D eigenvalue weighted by Crippen LogP contribution is -2.34. The molecule has 1 unspecified atom stereocenters. The van der Waals surface area contributed by atoms with E-state index in [1.165, 1.54) is 6.33 Å². The predicted octanol–water partition coefficient (Wildman–Crippen LogP) is -0.530. The van der Waals surface area contributed by atoms with Crippen LogP contribution in [-0.2, 0) is 4.79 Å². The topological polar surface area (TPSA) is 127 Å². The molecular formula is C11H13N5O2. The minimum absolute atomic E-state index is 0.00811. The third-order valence-electron chi connectivity index (χ3n) is 2.45. The third kappa shape index (κ3) is 2.46. The maximum atomic E-state index is 10.7. The quantitative estimate of drug-likeness (QED) is 0.538. The van der Waals surface area contributed by atoms with Gasteiger partial charge in [-0.1, -0.05) is 0 Å². The van der Waals surface area contributed by atoms with Crippen LogP contribution in [0.15, 0.2) is 24.5 Å². The van der Waals surface area contributed by atoms with Crippen molar-refractivity contribution >= 4 is 28.3 Å². The Bertz CT molecular complexity index is 587. The van der Waals surface area contributed by atoms with Gasteiger partial charge in [-0.05, 0) is 18.2 Å². The second-order valence-corrected chi connectivity index (χ2v) is 3.80. The van der Waals surface area contributed by atoms with Gasteiger partial charge >= 0.3 is 0 Å². The molecule has 0 aliphatic heterocycles. The summed E-state index contributed by atoms with van der Waals surface area (Å²) < 4.78 is 0. The predicted molar refractivity (Wildman–Crippen MR) is 67.6 cm³/mol. The Labute approximate surface area is 103 Å². The van der Waals surface area contributed by atoms with Gasteiger partial charge in [0.25, 0.3) is 0 Å². The fourth-order valence-corrected chi connectivity index (χ4v) is 1.51. The van der Waals surface area contributed by atoms with Crippen molar-refractivity contribution in [3.63, 3.8) is 0 Å². The lowest BCUT2D eigenvalue weighted by atomic mass is 10.2. The monoisotopic (exact) mass is 247 g/mol. The van der Waals surface area contributed by atoms with Gasteiger partial charge in [-0.15, -0.1) is 0 Å². The Morgan fingerprint density at radius 3 is 2.94 bits per heavy atom. The van der Waals surface area contributed by atoms with Gasteiger partial charge in [0, 0.05) is 11.1 Å². The number of hydrogen-bond donors (Lipinski definition) is 4. The molecule has 94 valence electrons. The van der Waals surface area contributed by atoms with Crippen molar-refractivity contribution < 1.29 is 9.90 Å². The third-order valence-corrected chi connectivity index (χ3v) is 2.45. The summed E-state index contributed by atoms with van der Waals surface area (Å²) in [4.78, 5) is 18.8. The molecule has 18 heavy (non-hydrogen) atoms. The first-order valence-corrected chi connectivity index (χ1v) is 5.29. The fraction of sp³-hybridized carbons (Fsp3) is 0.182. The lowest BCUT2D eigenvalue weighted by molar-refractivity contribution is -0.125. The number of nitrogens with zero attached hydrogens (tertiary/aromatic N) is 2. The van der Waals surface area contributed by atoms with Crippen LogP contribution in [0.5, 0.6) is 0 Å². The summed E-state index contributed by atoms with van der Waals surface area (Å²) in [6.45, 7) is -0.00811. The van der Waals surface area contributed by atoms with Crippen LogP contribution in [0, 0.1) is 0 Å². The molecule has 1 amide bonds. The molecule has 0 aliphatic carbocycles. The minimum Gasteiger partial charge on any atom is -0.399 e. The van der Waals surface area contributed by atoms with Crippen LogP contribution in [0.1, 0.15) is 0 Å². The summed E-state index contributed by atoms with van der Waals surface area (Å²) in [5.74, 6) is -0.273. The van der Waals surface area contributed by atoms with Crippen molar-refractivity contribution in [2.45, 2.75) is 6.10 Å². The Balaban J connectivity index is 2.26. The van der Waals surface area contributed by atoms with E-state index < -0.39 is 12.0 Å². The number of primary amides is 1. The van der Waals surface area contributed by atoms with E-state index >= 15 is 0 Å². The Kier molecular flexibility index (Phi) is 3.24. The Morgan fingerprint density at radius 2 is 2.22 bits per heavy atom. The maximum Gasteiger partial charge on any atom is 0.248 e. The van der Waals surface area contributed by atoms with E-state index in [0.717, 1.165) is 5.39 Å². The molecule has 0 saturated carbocycles. The molecule has 0 spiro atoms. The highest BCUT2D eigenvalue weighted by atomic mass is 16.3. The zero-order valence-corrected chi connectivity index (χ0v) is 9.50. The molecule has 2 rings (SSSR count). The highest BCUT2D eigenvalue weighted by Crippen LogP contribution is 2.20. The van der Waals surface area contributed by atoms with E-state index in [1.807, 2.05) is 0 Å². The number of anilines is 2. The number of hydrogen-bond acceptors (Lipinski definition) is 6. The summed E-state index contributed by atoms with van der Waals surface area (Å²) in [6.07, 6.45) is 0.115. The number of carbonyl (C=O) groups excluding carboxylic acids is 1. The number of benzene rings is 1. The summed E-state index contributed by atoms with van der Waals surface area (Å²) in [7, 11) is 0. The van der Waals surface area contributed by atoms with Gasteiger partial charge in [0.05, 0.1) is 12.1 Å². The molecule has 6 N–H and O–H groups in total. The van der Waals surface area contributed by atoms with Crippen LogP contribution in [0.2, 0.25) is 0 Å². The number of rotatable bonds is 4. The van der Waals surface area contributed by atoms with Crippen LogP contribution in [0.4, 0.5) is 11.5 Å². The van der Waals surface area contributed by atoms with Gasteiger partial charge in [-0.2, -0.15) is 0 Å². The van der Waals surface area contributed by atoms with Gasteiger partial charge in [-0.25, -0.2) is 9.97 Å². The summed E-state index contributed by atoms with van der Waals surface area (Å²) >= 11 is 0. The summed E-state index contributed by atoms with van der Waals surface area (Å²) in [5, 5.41) is 12.9. The minimum atomic E-state index is -1.26. The van der Waals surface area contributed by atoms with Crippen molar-refractivity contribution in [1.82, 2.24) is 9.97 Å². The Hall–Kier alpha value is -2.41. The van der Waals surface area contributed by atoms with Crippen molar-refractivity contribution in [2.24, 2.45) is 5.73 Å². The molecule has 1 aromatic carbocycles. The molecule has 1 aromatic heterocycles. The smallest absolute Gasteiger partial charge is 0.248 e. The number of carbonyl (C=O) groups is 1. The number of fused-ring (bicyclic) bond motifs is 1. The van der Waals surface area contributed by atoms with Crippen LogP contribution >= 0.6 is 0 Å². The van der Waals surface area contributed by atoms with E-state index in [0.29, 0.717) is 17.0 Å². The Morgan fingerprint density at radius 1 is 1.44 bits per heavy atom.